The quantitative estimate of drug-likeness (QED) is 0.396. The summed E-state index contributed by atoms with van der Waals surface area (Å²) in [4.78, 5) is 31.4. The Balaban J connectivity index is 1.78. The maximum atomic E-state index is 12.6. The molecule has 8 nitrogen and oxygen atoms in total. The molecule has 152 valence electrons. The number of fused-ring (bicyclic) bond motifs is 1. The second-order valence-electron chi connectivity index (χ2n) is 7.28. The lowest BCUT2D eigenvalue weighted by molar-refractivity contribution is 0.808. The van der Waals surface area contributed by atoms with E-state index in [1.54, 1.807) is 17.8 Å². The number of hydrazone groups is 1. The van der Waals surface area contributed by atoms with Crippen molar-refractivity contribution in [2.45, 2.75) is 20.4 Å². The number of imidazole rings is 1. The number of hydrogen-bond donors (Lipinski definition) is 2. The number of H-pyrrole nitrogens is 1. The van der Waals surface area contributed by atoms with E-state index in [9.17, 15) is 9.59 Å². The van der Waals surface area contributed by atoms with Crippen LogP contribution in [0.1, 0.15) is 22.3 Å². The number of benzene rings is 2. The van der Waals surface area contributed by atoms with Crippen LogP contribution in [0.15, 0.2) is 63.2 Å². The van der Waals surface area contributed by atoms with Crippen LogP contribution in [0.4, 0.5) is 5.95 Å². The molecule has 0 spiro atoms. The summed E-state index contributed by atoms with van der Waals surface area (Å²) < 4.78 is 3.05. The molecule has 0 atom stereocenters. The Morgan fingerprint density at radius 1 is 1.10 bits per heavy atom. The highest BCUT2D eigenvalue weighted by atomic mass is 16.2. The van der Waals surface area contributed by atoms with Gasteiger partial charge in [0.15, 0.2) is 11.2 Å². The van der Waals surface area contributed by atoms with Gasteiger partial charge in [0.2, 0.25) is 5.95 Å². The molecule has 2 aromatic heterocycles. The molecule has 0 saturated heterocycles. The van der Waals surface area contributed by atoms with Crippen molar-refractivity contribution >= 4 is 23.3 Å². The third-order valence-corrected chi connectivity index (χ3v) is 4.89. The van der Waals surface area contributed by atoms with Gasteiger partial charge in [0, 0.05) is 7.05 Å². The Morgan fingerprint density at radius 2 is 1.87 bits per heavy atom. The first kappa shape index (κ1) is 19.4. The lowest BCUT2D eigenvalue weighted by Gasteiger charge is -2.09. The second-order valence-corrected chi connectivity index (χ2v) is 7.28. The molecule has 30 heavy (non-hydrogen) atoms. The highest BCUT2D eigenvalue weighted by molar-refractivity contribution is 5.80. The summed E-state index contributed by atoms with van der Waals surface area (Å²) in [6, 6.07) is 15.9. The van der Waals surface area contributed by atoms with E-state index in [1.165, 1.54) is 10.1 Å². The van der Waals surface area contributed by atoms with Crippen LogP contribution in [0.25, 0.3) is 11.2 Å². The highest BCUT2D eigenvalue weighted by Gasteiger charge is 2.17. The first-order valence-electron chi connectivity index (χ1n) is 9.53. The zero-order chi connectivity index (χ0) is 21.3. The number of aryl methyl sites for hydroxylation is 3. The molecular formula is C22H22N6O2. The van der Waals surface area contributed by atoms with Gasteiger partial charge < -0.3 is 0 Å². The van der Waals surface area contributed by atoms with Crippen LogP contribution in [0, 0.1) is 13.8 Å². The van der Waals surface area contributed by atoms with Gasteiger partial charge >= 0.3 is 5.69 Å². The van der Waals surface area contributed by atoms with E-state index in [4.69, 9.17) is 0 Å². The number of hydrogen-bond acceptors (Lipinski definition) is 5. The number of nitrogens with zero attached hydrogens (tertiary/aromatic N) is 4. The molecule has 8 heteroatoms. The van der Waals surface area contributed by atoms with Crippen molar-refractivity contribution in [3.63, 3.8) is 0 Å². The fourth-order valence-electron chi connectivity index (χ4n) is 3.28. The number of rotatable bonds is 5. The minimum Gasteiger partial charge on any atom is -0.298 e. The summed E-state index contributed by atoms with van der Waals surface area (Å²) in [7, 11) is 1.57. The molecule has 0 aliphatic carbocycles. The minimum absolute atomic E-state index is 0.296. The van der Waals surface area contributed by atoms with Crippen molar-refractivity contribution in [3.05, 3.63) is 91.6 Å². The van der Waals surface area contributed by atoms with Crippen LogP contribution >= 0.6 is 0 Å². The van der Waals surface area contributed by atoms with Gasteiger partial charge in [-0.25, -0.2) is 10.2 Å². The standard InChI is InChI=1S/C22H22N6O2/c1-14-7-9-16(10-8-14)12-23-26-21-24-19-18(20(29)25-22(30)27(19)3)28(21)13-17-6-4-5-15(2)11-17/h4-12H,13H2,1-3H3,(H,24,26)(H,25,29,30)/b23-12+. The van der Waals surface area contributed by atoms with Crippen LogP contribution in [-0.4, -0.2) is 25.3 Å². The van der Waals surface area contributed by atoms with E-state index in [0.29, 0.717) is 23.7 Å². The fourth-order valence-corrected chi connectivity index (χ4v) is 3.28. The molecule has 0 saturated carbocycles. The molecule has 0 bridgehead atoms. The van der Waals surface area contributed by atoms with E-state index >= 15 is 0 Å². The van der Waals surface area contributed by atoms with Crippen LogP contribution in [0.5, 0.6) is 0 Å². The molecule has 0 unspecified atom stereocenters. The zero-order valence-electron chi connectivity index (χ0n) is 17.0. The summed E-state index contributed by atoms with van der Waals surface area (Å²) in [6.07, 6.45) is 1.68. The average Bonchev–Trinajstić information content (AvgIpc) is 3.07. The second kappa shape index (κ2) is 7.82. The Hall–Kier alpha value is -3.94. The van der Waals surface area contributed by atoms with Crippen molar-refractivity contribution < 1.29 is 0 Å². The SMILES string of the molecule is Cc1ccc(/C=N/Nc2nc3c(c(=O)[nH]c(=O)n3C)n2Cc2cccc(C)c2)cc1. The third kappa shape index (κ3) is 3.80. The molecule has 0 fully saturated rings. The van der Waals surface area contributed by atoms with Crippen LogP contribution in [0.2, 0.25) is 0 Å². The van der Waals surface area contributed by atoms with Gasteiger partial charge in [0.25, 0.3) is 5.56 Å². The van der Waals surface area contributed by atoms with Crippen LogP contribution in [-0.2, 0) is 13.6 Å². The largest absolute Gasteiger partial charge is 0.329 e. The number of aromatic amines is 1. The van der Waals surface area contributed by atoms with E-state index in [2.05, 4.69) is 20.5 Å². The van der Waals surface area contributed by atoms with Crippen molar-refractivity contribution in [1.29, 1.82) is 0 Å². The van der Waals surface area contributed by atoms with Crippen molar-refractivity contribution in [1.82, 2.24) is 19.1 Å². The molecule has 2 aromatic carbocycles. The maximum absolute atomic E-state index is 12.6. The molecule has 2 heterocycles. The van der Waals surface area contributed by atoms with E-state index in [1.807, 2.05) is 62.4 Å². The summed E-state index contributed by atoms with van der Waals surface area (Å²) in [5.41, 5.74) is 6.76. The number of anilines is 1. The lowest BCUT2D eigenvalue weighted by Crippen LogP contribution is -2.29. The van der Waals surface area contributed by atoms with Crippen molar-refractivity contribution in [3.8, 4) is 0 Å². The molecule has 0 amide bonds. The Labute approximate surface area is 172 Å². The summed E-state index contributed by atoms with van der Waals surface area (Å²) >= 11 is 0. The normalized spacial score (nSPS) is 11.4. The zero-order valence-corrected chi connectivity index (χ0v) is 17.0. The van der Waals surface area contributed by atoms with Gasteiger partial charge in [0.1, 0.15) is 0 Å². The van der Waals surface area contributed by atoms with E-state index in [-0.39, 0.29) is 0 Å². The van der Waals surface area contributed by atoms with Gasteiger partial charge in [-0.3, -0.25) is 18.9 Å². The van der Waals surface area contributed by atoms with E-state index in [0.717, 1.165) is 16.7 Å². The first-order valence-corrected chi connectivity index (χ1v) is 9.53. The molecule has 4 aromatic rings. The van der Waals surface area contributed by atoms with Gasteiger partial charge in [0.05, 0.1) is 12.8 Å². The Bertz CT molecular complexity index is 1360. The number of aromatic nitrogens is 4. The van der Waals surface area contributed by atoms with E-state index < -0.39 is 11.2 Å². The van der Waals surface area contributed by atoms with Gasteiger partial charge in [-0.1, -0.05) is 59.7 Å². The molecule has 0 aliphatic heterocycles. The minimum atomic E-state index is -0.512. The van der Waals surface area contributed by atoms with Crippen molar-refractivity contribution in [2.24, 2.45) is 12.1 Å². The van der Waals surface area contributed by atoms with Crippen LogP contribution < -0.4 is 16.7 Å². The lowest BCUT2D eigenvalue weighted by atomic mass is 10.1. The summed E-state index contributed by atoms with van der Waals surface area (Å²) in [5, 5.41) is 4.28. The smallest absolute Gasteiger partial charge is 0.298 e. The number of nitrogens with one attached hydrogen (secondary N) is 2. The van der Waals surface area contributed by atoms with Gasteiger partial charge in [-0.05, 0) is 25.0 Å². The molecule has 0 radical (unpaired) electrons. The topological polar surface area (TPSA) is 97.1 Å². The predicted octanol–water partition coefficient (Wildman–Crippen LogP) is 2.53. The molecular weight excluding hydrogens is 380 g/mol. The Kier molecular flexibility index (Phi) is 5.05. The first-order chi connectivity index (χ1) is 14.4. The molecule has 0 aliphatic rings. The predicted molar refractivity (Wildman–Crippen MR) is 118 cm³/mol. The fraction of sp³-hybridized carbons (Fsp3) is 0.182. The molecule has 2 N–H and O–H groups in total. The highest BCUT2D eigenvalue weighted by Crippen LogP contribution is 2.18. The maximum Gasteiger partial charge on any atom is 0.329 e. The summed E-state index contributed by atoms with van der Waals surface area (Å²) in [5.74, 6) is 0.376. The monoisotopic (exact) mass is 402 g/mol. The van der Waals surface area contributed by atoms with Crippen molar-refractivity contribution in [2.75, 3.05) is 5.43 Å². The summed E-state index contributed by atoms with van der Waals surface area (Å²) in [6.45, 7) is 4.44. The average molecular weight is 402 g/mol. The third-order valence-electron chi connectivity index (χ3n) is 4.89. The van der Waals surface area contributed by atoms with Crippen LogP contribution in [0.3, 0.4) is 0 Å². The molecule has 4 rings (SSSR count). The van der Waals surface area contributed by atoms with Gasteiger partial charge in [-0.2, -0.15) is 10.1 Å². The van der Waals surface area contributed by atoms with Gasteiger partial charge in [-0.15, -0.1) is 0 Å². The Morgan fingerprint density at radius 3 is 2.60 bits per heavy atom.